The fourth-order valence-electron chi connectivity index (χ4n) is 4.51. The van der Waals surface area contributed by atoms with E-state index in [2.05, 4.69) is 11.9 Å². The maximum Gasteiger partial charge on any atom is 0.313 e. The Kier molecular flexibility index (Phi) is 5.46. The molecule has 1 saturated heterocycles. The third kappa shape index (κ3) is 4.08. The van der Waals surface area contributed by atoms with Gasteiger partial charge < -0.3 is 10.1 Å². The Morgan fingerprint density at radius 1 is 1.21 bits per heavy atom. The summed E-state index contributed by atoms with van der Waals surface area (Å²) in [6.45, 7) is 4.58. The Labute approximate surface area is 175 Å². The number of halogens is 1. The molecule has 0 spiro atoms. The van der Waals surface area contributed by atoms with E-state index in [0.717, 1.165) is 28.8 Å². The van der Waals surface area contributed by atoms with Crippen LogP contribution in [0.5, 0.6) is 0 Å². The van der Waals surface area contributed by atoms with Gasteiger partial charge in [0.15, 0.2) is 0 Å². The van der Waals surface area contributed by atoms with Gasteiger partial charge in [0.1, 0.15) is 0 Å². The Bertz CT molecular complexity index is 953. The average Bonchev–Trinajstić information content (AvgIpc) is 3.17. The number of cyclic esters (lactones) is 1. The van der Waals surface area contributed by atoms with Gasteiger partial charge in [-0.25, -0.2) is 0 Å². The van der Waals surface area contributed by atoms with Crippen LogP contribution in [0.2, 0.25) is 5.02 Å². The summed E-state index contributed by atoms with van der Waals surface area (Å²) in [4.78, 5) is 24.7. The summed E-state index contributed by atoms with van der Waals surface area (Å²) in [7, 11) is 0. The van der Waals surface area contributed by atoms with Crippen LogP contribution in [-0.2, 0) is 27.2 Å². The highest BCUT2D eigenvalue weighted by atomic mass is 35.5. The zero-order chi connectivity index (χ0) is 20.4. The van der Waals surface area contributed by atoms with Gasteiger partial charge in [-0.2, -0.15) is 0 Å². The van der Waals surface area contributed by atoms with Gasteiger partial charge in [-0.15, -0.1) is 0 Å². The van der Waals surface area contributed by atoms with Crippen LogP contribution < -0.4 is 5.32 Å². The number of benzene rings is 2. The van der Waals surface area contributed by atoms with Crippen molar-refractivity contribution in [2.24, 2.45) is 11.3 Å². The molecule has 2 unspecified atom stereocenters. The standard InChI is InChI=1S/C24H24ClNO3/c1-16-12-19-15-29-23(28)24(19,13-16)14-17-6-9-20(10-7-17)26-22(27)11-8-18-4-2-3-5-21(18)25/h2-7,9-10,19H,1,8,11-15H2,(H,26,27). The smallest absolute Gasteiger partial charge is 0.313 e. The highest BCUT2D eigenvalue weighted by Crippen LogP contribution is 2.52. The number of amides is 1. The minimum absolute atomic E-state index is 0.0530. The third-order valence-electron chi connectivity index (χ3n) is 6.04. The number of carbonyl (C=O) groups excluding carboxylic acids is 2. The number of nitrogens with one attached hydrogen (secondary N) is 1. The minimum atomic E-state index is -0.462. The van der Waals surface area contributed by atoms with Crippen LogP contribution >= 0.6 is 11.6 Å². The first-order valence-corrected chi connectivity index (χ1v) is 10.3. The van der Waals surface area contributed by atoms with Crippen molar-refractivity contribution < 1.29 is 14.3 Å². The van der Waals surface area contributed by atoms with Gasteiger partial charge in [-0.3, -0.25) is 9.59 Å². The summed E-state index contributed by atoms with van der Waals surface area (Å²) in [6, 6.07) is 15.3. The lowest BCUT2D eigenvalue weighted by molar-refractivity contribution is -0.146. The van der Waals surface area contributed by atoms with E-state index in [9.17, 15) is 9.59 Å². The quantitative estimate of drug-likeness (QED) is 0.541. The molecule has 150 valence electrons. The van der Waals surface area contributed by atoms with Gasteiger partial charge in [0.25, 0.3) is 0 Å². The molecule has 29 heavy (non-hydrogen) atoms. The first-order valence-electron chi connectivity index (χ1n) is 9.92. The largest absolute Gasteiger partial charge is 0.465 e. The second kappa shape index (κ2) is 8.03. The number of fused-ring (bicyclic) bond motifs is 1. The van der Waals surface area contributed by atoms with Gasteiger partial charge in [-0.1, -0.05) is 54.1 Å². The van der Waals surface area contributed by atoms with E-state index in [1.165, 1.54) is 0 Å². The van der Waals surface area contributed by atoms with E-state index in [1.807, 2.05) is 48.5 Å². The van der Waals surface area contributed by atoms with Crippen molar-refractivity contribution in [1.82, 2.24) is 0 Å². The monoisotopic (exact) mass is 409 g/mol. The van der Waals surface area contributed by atoms with Gasteiger partial charge in [-0.05, 0) is 55.0 Å². The van der Waals surface area contributed by atoms with Crippen LogP contribution in [0.1, 0.15) is 30.4 Å². The molecule has 0 aromatic heterocycles. The Morgan fingerprint density at radius 2 is 1.97 bits per heavy atom. The normalized spacial score (nSPS) is 23.0. The van der Waals surface area contributed by atoms with Crippen molar-refractivity contribution in [2.75, 3.05) is 11.9 Å². The van der Waals surface area contributed by atoms with Crippen LogP contribution in [0.3, 0.4) is 0 Å². The summed E-state index contributed by atoms with van der Waals surface area (Å²) < 4.78 is 5.35. The summed E-state index contributed by atoms with van der Waals surface area (Å²) in [5.41, 5.74) is 3.45. The van der Waals surface area contributed by atoms with Crippen LogP contribution in [0.25, 0.3) is 0 Å². The predicted molar refractivity (Wildman–Crippen MR) is 114 cm³/mol. The van der Waals surface area contributed by atoms with Crippen molar-refractivity contribution in [3.05, 3.63) is 76.8 Å². The third-order valence-corrected chi connectivity index (χ3v) is 6.41. The van der Waals surface area contributed by atoms with E-state index < -0.39 is 5.41 Å². The SMILES string of the molecule is C=C1CC2COC(=O)C2(Cc2ccc(NC(=O)CCc3ccccc3Cl)cc2)C1. The molecule has 0 bridgehead atoms. The molecule has 5 heteroatoms. The number of hydrogen-bond donors (Lipinski definition) is 1. The van der Waals surface area contributed by atoms with Crippen molar-refractivity contribution in [1.29, 1.82) is 0 Å². The maximum absolute atomic E-state index is 12.4. The molecule has 2 aromatic rings. The minimum Gasteiger partial charge on any atom is -0.465 e. The lowest BCUT2D eigenvalue weighted by Crippen LogP contribution is -2.31. The molecule has 1 heterocycles. The molecule has 1 amide bonds. The van der Waals surface area contributed by atoms with E-state index >= 15 is 0 Å². The first-order chi connectivity index (χ1) is 14.0. The van der Waals surface area contributed by atoms with Crippen LogP contribution in [0.4, 0.5) is 5.69 Å². The number of rotatable bonds is 6. The molecule has 4 rings (SSSR count). The van der Waals surface area contributed by atoms with Gasteiger partial charge in [0.05, 0.1) is 12.0 Å². The Hall–Kier alpha value is -2.59. The molecular formula is C24H24ClNO3. The first kappa shape index (κ1) is 19.7. The molecule has 2 atom stereocenters. The van der Waals surface area contributed by atoms with Crippen molar-refractivity contribution in [3.8, 4) is 0 Å². The number of allylic oxidation sites excluding steroid dienone is 1. The number of aryl methyl sites for hydroxylation is 1. The number of hydrogen-bond acceptors (Lipinski definition) is 3. The number of carbonyl (C=O) groups is 2. The van der Waals surface area contributed by atoms with Crippen LogP contribution in [0, 0.1) is 11.3 Å². The maximum atomic E-state index is 12.4. The molecule has 2 fully saturated rings. The van der Waals surface area contributed by atoms with Crippen molar-refractivity contribution in [3.63, 3.8) is 0 Å². The van der Waals surface area contributed by atoms with Crippen molar-refractivity contribution in [2.45, 2.75) is 32.1 Å². The zero-order valence-corrected chi connectivity index (χ0v) is 17.0. The molecule has 1 aliphatic carbocycles. The fourth-order valence-corrected chi connectivity index (χ4v) is 4.74. The van der Waals surface area contributed by atoms with Gasteiger partial charge >= 0.3 is 5.97 Å². The molecule has 4 nitrogen and oxygen atoms in total. The number of anilines is 1. The lowest BCUT2D eigenvalue weighted by atomic mass is 9.75. The van der Waals surface area contributed by atoms with Gasteiger partial charge in [0, 0.05) is 23.0 Å². The fraction of sp³-hybridized carbons (Fsp3) is 0.333. The molecule has 2 aromatic carbocycles. The molecular weight excluding hydrogens is 386 g/mol. The highest BCUT2D eigenvalue weighted by molar-refractivity contribution is 6.31. The molecule has 0 radical (unpaired) electrons. The van der Waals surface area contributed by atoms with Crippen LogP contribution in [0.15, 0.2) is 60.7 Å². The molecule has 1 N–H and O–H groups in total. The second-order valence-electron chi connectivity index (χ2n) is 8.10. The second-order valence-corrected chi connectivity index (χ2v) is 8.50. The van der Waals surface area contributed by atoms with Gasteiger partial charge in [0.2, 0.25) is 5.91 Å². The Morgan fingerprint density at radius 3 is 2.72 bits per heavy atom. The molecule has 1 saturated carbocycles. The van der Waals surface area contributed by atoms with Crippen molar-refractivity contribution >= 4 is 29.2 Å². The van der Waals surface area contributed by atoms with E-state index in [0.29, 0.717) is 37.3 Å². The van der Waals surface area contributed by atoms with E-state index in [1.54, 1.807) is 0 Å². The summed E-state index contributed by atoms with van der Waals surface area (Å²) in [5, 5.41) is 3.61. The highest BCUT2D eigenvalue weighted by Gasteiger charge is 2.55. The van der Waals surface area contributed by atoms with E-state index in [4.69, 9.17) is 16.3 Å². The summed E-state index contributed by atoms with van der Waals surface area (Å²) >= 11 is 6.14. The molecule has 2 aliphatic rings. The predicted octanol–water partition coefficient (Wildman–Crippen LogP) is 4.96. The van der Waals surface area contributed by atoms with E-state index in [-0.39, 0.29) is 17.8 Å². The number of esters is 1. The summed E-state index contributed by atoms with van der Waals surface area (Å²) in [5.74, 6) is 0.0765. The number of ether oxygens (including phenoxy) is 1. The summed E-state index contributed by atoms with van der Waals surface area (Å²) in [6.07, 6.45) is 3.18. The Balaban J connectivity index is 1.36. The lowest BCUT2D eigenvalue weighted by Gasteiger charge is -2.24. The zero-order valence-electron chi connectivity index (χ0n) is 16.2. The molecule has 1 aliphatic heterocycles. The topological polar surface area (TPSA) is 55.4 Å². The average molecular weight is 410 g/mol. The van der Waals surface area contributed by atoms with Crippen LogP contribution in [-0.4, -0.2) is 18.5 Å².